The average Bonchev–Trinajstić information content (AvgIpc) is 3.18. The molecule has 0 amide bonds. The van der Waals surface area contributed by atoms with Crippen LogP contribution in [0.4, 0.5) is 5.69 Å². The van der Waals surface area contributed by atoms with Gasteiger partial charge in [-0.3, -0.25) is 24.5 Å². The number of rotatable bonds is 4. The molecule has 1 aliphatic carbocycles. The van der Waals surface area contributed by atoms with Crippen LogP contribution in [0.3, 0.4) is 0 Å². The Morgan fingerprint density at radius 2 is 1.97 bits per heavy atom. The number of hydrogen-bond donors (Lipinski definition) is 3. The Bertz CT molecular complexity index is 1100. The number of H-pyrrole nitrogens is 1. The lowest BCUT2D eigenvalue weighted by molar-refractivity contribution is -0.384. The van der Waals surface area contributed by atoms with E-state index in [2.05, 4.69) is 15.5 Å². The normalized spacial score (nSPS) is 19.6. The number of aromatic hydroxyl groups is 1. The van der Waals surface area contributed by atoms with Crippen LogP contribution < -0.4 is 16.7 Å². The van der Waals surface area contributed by atoms with Crippen LogP contribution >= 0.6 is 0 Å². The number of hydrogen-bond acceptors (Lipinski definition) is 7. The number of nitro benzene ring substituents is 1. The van der Waals surface area contributed by atoms with E-state index in [1.54, 1.807) is 12.1 Å². The van der Waals surface area contributed by atoms with Crippen molar-refractivity contribution in [2.75, 3.05) is 0 Å². The molecule has 0 spiro atoms. The smallest absolute Gasteiger partial charge is 0.331 e. The number of aromatic amines is 1. The van der Waals surface area contributed by atoms with E-state index in [0.29, 0.717) is 11.3 Å². The Balaban J connectivity index is 1.66. The van der Waals surface area contributed by atoms with E-state index in [1.807, 2.05) is 0 Å². The number of nitrogens with zero attached hydrogens (tertiary/aromatic N) is 3. The predicted octanol–water partition coefficient (Wildman–Crippen LogP) is 2.09. The van der Waals surface area contributed by atoms with Gasteiger partial charge in [-0.05, 0) is 18.4 Å². The number of non-ortho nitro benzene ring substituents is 1. The molecule has 2 heterocycles. The third-order valence-electron chi connectivity index (χ3n) is 5.58. The Kier molecular flexibility index (Phi) is 4.91. The quantitative estimate of drug-likeness (QED) is 0.531. The molecule has 152 valence electrons. The molecule has 0 bridgehead atoms. The monoisotopic (exact) mass is 399 g/mol. The van der Waals surface area contributed by atoms with E-state index in [1.165, 1.54) is 16.7 Å². The summed E-state index contributed by atoms with van der Waals surface area (Å²) in [7, 11) is 0. The number of nitrogens with one attached hydrogen (secondary N) is 2. The summed E-state index contributed by atoms with van der Waals surface area (Å²) in [6.07, 6.45) is 4.79. The summed E-state index contributed by atoms with van der Waals surface area (Å²) >= 11 is 0. The highest BCUT2D eigenvalue weighted by Crippen LogP contribution is 2.32. The summed E-state index contributed by atoms with van der Waals surface area (Å²) in [4.78, 5) is 37.6. The fourth-order valence-electron chi connectivity index (χ4n) is 4.12. The largest absolute Gasteiger partial charge is 0.494 e. The number of aromatic nitrogens is 2. The molecule has 1 aliphatic heterocycles. The molecule has 1 aromatic carbocycles. The van der Waals surface area contributed by atoms with Crippen LogP contribution in [-0.2, 0) is 0 Å². The zero-order valence-electron chi connectivity index (χ0n) is 15.6. The molecule has 0 unspecified atom stereocenters. The zero-order chi connectivity index (χ0) is 20.5. The van der Waals surface area contributed by atoms with E-state index >= 15 is 0 Å². The summed E-state index contributed by atoms with van der Waals surface area (Å²) in [5, 5.41) is 26.0. The fourth-order valence-corrected chi connectivity index (χ4v) is 4.12. The Morgan fingerprint density at radius 1 is 1.21 bits per heavy atom. The Morgan fingerprint density at radius 3 is 2.69 bits per heavy atom. The molecule has 1 atom stereocenters. The van der Waals surface area contributed by atoms with Gasteiger partial charge in [0.15, 0.2) is 0 Å². The molecule has 4 rings (SSSR count). The molecule has 2 aromatic rings. The highest BCUT2D eigenvalue weighted by molar-refractivity contribution is 6.03. The minimum Gasteiger partial charge on any atom is -0.494 e. The Labute approximate surface area is 165 Å². The van der Waals surface area contributed by atoms with E-state index < -0.39 is 16.2 Å². The van der Waals surface area contributed by atoms with Gasteiger partial charge in [0.1, 0.15) is 5.56 Å². The first-order valence-corrected chi connectivity index (χ1v) is 9.60. The van der Waals surface area contributed by atoms with Gasteiger partial charge in [0, 0.05) is 24.6 Å². The van der Waals surface area contributed by atoms with Crippen molar-refractivity contribution in [3.05, 3.63) is 66.3 Å². The van der Waals surface area contributed by atoms with Crippen LogP contribution in [0.25, 0.3) is 0 Å². The lowest BCUT2D eigenvalue weighted by Crippen LogP contribution is -2.36. The standard InChI is InChI=1S/C19H21N5O5/c25-17-16(18(26)23(19(27)20-17)12-6-2-1-3-7-12)15-10-14(21-22-15)11-5-4-8-13(9-11)24(28)29/h4-5,8-9,12,14,21,26H,1-3,6-7,10H2,(H,20,25,27)/t14-/m1/s1. The minimum absolute atomic E-state index is 0.0318. The van der Waals surface area contributed by atoms with Crippen molar-refractivity contribution in [1.29, 1.82) is 0 Å². The molecule has 2 aliphatic rings. The maximum absolute atomic E-state index is 12.4. The second kappa shape index (κ2) is 7.53. The molecular formula is C19H21N5O5. The summed E-state index contributed by atoms with van der Waals surface area (Å²) in [6, 6.07) is 5.63. The third-order valence-corrected chi connectivity index (χ3v) is 5.58. The SMILES string of the molecule is O=c1[nH]c(=O)n(C2CCCCC2)c(O)c1C1=NN[C@@H](c2cccc([N+](=O)[O-])c2)C1. The third kappa shape index (κ3) is 3.53. The zero-order valence-corrected chi connectivity index (χ0v) is 15.6. The van der Waals surface area contributed by atoms with E-state index in [-0.39, 0.29) is 35.6 Å². The van der Waals surface area contributed by atoms with Crippen LogP contribution in [0.5, 0.6) is 5.88 Å². The van der Waals surface area contributed by atoms with E-state index in [0.717, 1.165) is 32.1 Å². The maximum Gasteiger partial charge on any atom is 0.331 e. The predicted molar refractivity (Wildman–Crippen MR) is 105 cm³/mol. The van der Waals surface area contributed by atoms with Gasteiger partial charge in [0.2, 0.25) is 5.88 Å². The topological polar surface area (TPSA) is 143 Å². The lowest BCUT2D eigenvalue weighted by Gasteiger charge is -2.25. The molecule has 1 saturated carbocycles. The van der Waals surface area contributed by atoms with Crippen LogP contribution in [0, 0.1) is 10.1 Å². The van der Waals surface area contributed by atoms with Gasteiger partial charge in [0.05, 0.1) is 16.7 Å². The van der Waals surface area contributed by atoms with Gasteiger partial charge in [-0.25, -0.2) is 4.79 Å². The van der Waals surface area contributed by atoms with Gasteiger partial charge < -0.3 is 10.5 Å². The number of benzene rings is 1. The van der Waals surface area contributed by atoms with Crippen LogP contribution in [0.2, 0.25) is 0 Å². The molecular weight excluding hydrogens is 378 g/mol. The van der Waals surface area contributed by atoms with Gasteiger partial charge in [-0.2, -0.15) is 5.10 Å². The molecule has 10 nitrogen and oxygen atoms in total. The van der Waals surface area contributed by atoms with Crippen molar-refractivity contribution in [3.8, 4) is 5.88 Å². The Hall–Kier alpha value is -3.43. The summed E-state index contributed by atoms with van der Waals surface area (Å²) in [5.74, 6) is -0.370. The number of nitro groups is 1. The van der Waals surface area contributed by atoms with Crippen molar-refractivity contribution < 1.29 is 10.0 Å². The highest BCUT2D eigenvalue weighted by Gasteiger charge is 2.30. The van der Waals surface area contributed by atoms with Crippen molar-refractivity contribution >= 4 is 11.4 Å². The van der Waals surface area contributed by atoms with E-state index in [4.69, 9.17) is 0 Å². The first-order valence-electron chi connectivity index (χ1n) is 9.60. The van der Waals surface area contributed by atoms with Crippen molar-refractivity contribution in [1.82, 2.24) is 15.0 Å². The summed E-state index contributed by atoms with van der Waals surface area (Å²) in [5.41, 5.74) is 2.44. The average molecular weight is 399 g/mol. The van der Waals surface area contributed by atoms with Gasteiger partial charge in [-0.15, -0.1) is 0 Å². The summed E-state index contributed by atoms with van der Waals surface area (Å²) < 4.78 is 1.26. The second-order valence-electron chi connectivity index (χ2n) is 7.42. The van der Waals surface area contributed by atoms with Gasteiger partial charge in [0.25, 0.3) is 11.2 Å². The van der Waals surface area contributed by atoms with Crippen LogP contribution in [0.1, 0.15) is 61.7 Å². The fraction of sp³-hybridized carbons (Fsp3) is 0.421. The number of hydrazone groups is 1. The molecule has 3 N–H and O–H groups in total. The van der Waals surface area contributed by atoms with Crippen molar-refractivity contribution in [2.24, 2.45) is 5.10 Å². The first-order chi connectivity index (χ1) is 14.0. The molecule has 0 radical (unpaired) electrons. The van der Waals surface area contributed by atoms with E-state index in [9.17, 15) is 24.8 Å². The highest BCUT2D eigenvalue weighted by atomic mass is 16.6. The molecule has 1 fully saturated rings. The summed E-state index contributed by atoms with van der Waals surface area (Å²) in [6.45, 7) is 0. The van der Waals surface area contributed by atoms with Crippen LogP contribution in [0.15, 0.2) is 39.0 Å². The van der Waals surface area contributed by atoms with Crippen molar-refractivity contribution in [2.45, 2.75) is 50.6 Å². The molecule has 29 heavy (non-hydrogen) atoms. The molecule has 0 saturated heterocycles. The maximum atomic E-state index is 12.4. The van der Waals surface area contributed by atoms with Gasteiger partial charge in [-0.1, -0.05) is 31.4 Å². The van der Waals surface area contributed by atoms with Crippen molar-refractivity contribution in [3.63, 3.8) is 0 Å². The minimum atomic E-state index is -0.695. The van der Waals surface area contributed by atoms with Gasteiger partial charge >= 0.3 is 5.69 Å². The molecule has 10 heteroatoms. The lowest BCUT2D eigenvalue weighted by atomic mass is 9.95. The molecule has 1 aromatic heterocycles. The van der Waals surface area contributed by atoms with Crippen LogP contribution in [-0.4, -0.2) is 25.3 Å². The first kappa shape index (κ1) is 18.9. The second-order valence-corrected chi connectivity index (χ2v) is 7.42.